The Labute approximate surface area is 135 Å². The van der Waals surface area contributed by atoms with Crippen molar-refractivity contribution in [3.63, 3.8) is 0 Å². The highest BCUT2D eigenvalue weighted by atomic mass is 32.2. The van der Waals surface area contributed by atoms with E-state index in [4.69, 9.17) is 4.84 Å². The number of aryl methyl sites for hydroxylation is 1. The Morgan fingerprint density at radius 3 is 2.61 bits per heavy atom. The van der Waals surface area contributed by atoms with Crippen molar-refractivity contribution >= 4 is 28.7 Å². The Bertz CT molecular complexity index is 743. The quantitative estimate of drug-likeness (QED) is 0.629. The number of halogens is 3. The standard InChI is InChI=1S/C14H16F3N3O2S/c1-5-23-11-7-10-9(6-8(11)12(21)20(3)22-4)18-13(19(10)2)14(15,16)17/h6-7H,5H2,1-4H3. The zero-order valence-electron chi connectivity index (χ0n) is 13.1. The van der Waals surface area contributed by atoms with Gasteiger partial charge in [-0.1, -0.05) is 6.92 Å². The summed E-state index contributed by atoms with van der Waals surface area (Å²) in [6.45, 7) is 1.90. The molecule has 0 saturated carbocycles. The molecule has 0 spiro atoms. The van der Waals surface area contributed by atoms with Gasteiger partial charge in [0, 0.05) is 19.0 Å². The molecule has 0 bridgehead atoms. The summed E-state index contributed by atoms with van der Waals surface area (Å²) in [6, 6.07) is 2.93. The zero-order valence-corrected chi connectivity index (χ0v) is 13.9. The van der Waals surface area contributed by atoms with E-state index < -0.39 is 17.9 Å². The number of nitrogens with zero attached hydrogens (tertiary/aromatic N) is 3. The van der Waals surface area contributed by atoms with Crippen LogP contribution in [0.25, 0.3) is 11.0 Å². The summed E-state index contributed by atoms with van der Waals surface area (Å²) in [5.41, 5.74) is 0.707. The maximum absolute atomic E-state index is 13.0. The van der Waals surface area contributed by atoms with Gasteiger partial charge in [-0.25, -0.2) is 10.0 Å². The van der Waals surface area contributed by atoms with Crippen LogP contribution in [0, 0.1) is 0 Å². The second-order valence-electron chi connectivity index (χ2n) is 4.75. The number of benzene rings is 1. The number of rotatable bonds is 4. The molecule has 0 aliphatic carbocycles. The van der Waals surface area contributed by atoms with Crippen molar-refractivity contribution in [2.24, 2.45) is 7.05 Å². The lowest BCUT2D eigenvalue weighted by Gasteiger charge is -2.16. The number of thioether (sulfide) groups is 1. The molecular formula is C14H16F3N3O2S. The van der Waals surface area contributed by atoms with Crippen LogP contribution in [0.4, 0.5) is 13.2 Å². The smallest absolute Gasteiger partial charge is 0.323 e. The molecule has 0 unspecified atom stereocenters. The topological polar surface area (TPSA) is 47.4 Å². The van der Waals surface area contributed by atoms with Gasteiger partial charge in [0.25, 0.3) is 5.91 Å². The third-order valence-corrected chi connectivity index (χ3v) is 4.26. The molecule has 0 aliphatic rings. The highest BCUT2D eigenvalue weighted by molar-refractivity contribution is 7.99. The number of imidazole rings is 1. The number of hydrogen-bond acceptors (Lipinski definition) is 4. The number of hydrogen-bond donors (Lipinski definition) is 0. The van der Waals surface area contributed by atoms with Gasteiger partial charge in [0.15, 0.2) is 0 Å². The van der Waals surface area contributed by atoms with Crippen LogP contribution >= 0.6 is 11.8 Å². The van der Waals surface area contributed by atoms with Crippen LogP contribution in [0.15, 0.2) is 17.0 Å². The van der Waals surface area contributed by atoms with Crippen molar-refractivity contribution in [1.29, 1.82) is 0 Å². The molecule has 126 valence electrons. The fourth-order valence-electron chi connectivity index (χ4n) is 2.17. The molecule has 1 amide bonds. The van der Waals surface area contributed by atoms with E-state index in [9.17, 15) is 18.0 Å². The summed E-state index contributed by atoms with van der Waals surface area (Å²) in [5.74, 6) is -0.763. The highest BCUT2D eigenvalue weighted by Crippen LogP contribution is 2.34. The minimum absolute atomic E-state index is 0.119. The van der Waals surface area contributed by atoms with E-state index in [1.165, 1.54) is 39.0 Å². The normalized spacial score (nSPS) is 12.0. The molecule has 2 rings (SSSR count). The van der Waals surface area contributed by atoms with Crippen molar-refractivity contribution in [1.82, 2.24) is 14.6 Å². The number of alkyl halides is 3. The predicted octanol–water partition coefficient (Wildman–Crippen LogP) is 3.34. The van der Waals surface area contributed by atoms with Crippen molar-refractivity contribution in [3.05, 3.63) is 23.5 Å². The molecule has 23 heavy (non-hydrogen) atoms. The molecule has 0 radical (unpaired) electrons. The van der Waals surface area contributed by atoms with Crippen LogP contribution in [0.5, 0.6) is 0 Å². The van der Waals surface area contributed by atoms with E-state index in [1.54, 1.807) is 6.07 Å². The SMILES string of the molecule is CCSc1cc2c(cc1C(=O)N(C)OC)nc(C(F)(F)F)n2C. The molecule has 0 saturated heterocycles. The first kappa shape index (κ1) is 17.6. The fraction of sp³-hybridized carbons (Fsp3) is 0.429. The average molecular weight is 347 g/mol. The Hall–Kier alpha value is -1.74. The lowest BCUT2D eigenvalue weighted by atomic mass is 10.2. The van der Waals surface area contributed by atoms with Crippen LogP contribution in [-0.4, -0.2) is 40.4 Å². The van der Waals surface area contributed by atoms with Gasteiger partial charge in [-0.3, -0.25) is 9.63 Å². The number of amides is 1. The van der Waals surface area contributed by atoms with Gasteiger partial charge in [0.2, 0.25) is 5.82 Å². The van der Waals surface area contributed by atoms with Crippen LogP contribution < -0.4 is 0 Å². The Balaban J connectivity index is 2.68. The highest BCUT2D eigenvalue weighted by Gasteiger charge is 2.37. The fourth-order valence-corrected chi connectivity index (χ4v) is 2.97. The molecule has 5 nitrogen and oxygen atoms in total. The van der Waals surface area contributed by atoms with E-state index in [2.05, 4.69) is 4.98 Å². The number of hydroxylamine groups is 2. The Morgan fingerprint density at radius 2 is 2.09 bits per heavy atom. The first-order valence-corrected chi connectivity index (χ1v) is 7.71. The molecule has 9 heteroatoms. The summed E-state index contributed by atoms with van der Waals surface area (Å²) in [4.78, 5) is 21.4. The van der Waals surface area contributed by atoms with Gasteiger partial charge in [-0.05, 0) is 17.9 Å². The molecule has 1 heterocycles. The maximum atomic E-state index is 13.0. The van der Waals surface area contributed by atoms with Crippen LogP contribution in [-0.2, 0) is 18.1 Å². The number of fused-ring (bicyclic) bond motifs is 1. The van der Waals surface area contributed by atoms with E-state index >= 15 is 0 Å². The van der Waals surface area contributed by atoms with Gasteiger partial charge < -0.3 is 4.57 Å². The summed E-state index contributed by atoms with van der Waals surface area (Å²) in [6.07, 6.45) is -4.56. The minimum Gasteiger partial charge on any atom is -0.323 e. The first-order valence-electron chi connectivity index (χ1n) is 6.73. The first-order chi connectivity index (χ1) is 10.7. The van der Waals surface area contributed by atoms with Crippen LogP contribution in [0.1, 0.15) is 23.1 Å². The van der Waals surface area contributed by atoms with Gasteiger partial charge in [0.1, 0.15) is 0 Å². The molecule has 0 fully saturated rings. The summed E-state index contributed by atoms with van der Waals surface area (Å²) < 4.78 is 40.0. The monoisotopic (exact) mass is 347 g/mol. The number of carbonyl (C=O) groups excluding carboxylic acids is 1. The number of aromatic nitrogens is 2. The van der Waals surface area contributed by atoms with E-state index in [-0.39, 0.29) is 11.1 Å². The molecule has 0 N–H and O–H groups in total. The zero-order chi connectivity index (χ0) is 17.4. The Morgan fingerprint density at radius 1 is 1.43 bits per heavy atom. The van der Waals surface area contributed by atoms with Crippen LogP contribution in [0.3, 0.4) is 0 Å². The largest absolute Gasteiger partial charge is 0.449 e. The van der Waals surface area contributed by atoms with E-state index in [1.807, 2.05) is 6.92 Å². The van der Waals surface area contributed by atoms with Crippen molar-refractivity contribution in [3.8, 4) is 0 Å². The van der Waals surface area contributed by atoms with Gasteiger partial charge in [-0.2, -0.15) is 13.2 Å². The Kier molecular flexibility index (Phi) is 4.90. The summed E-state index contributed by atoms with van der Waals surface area (Å²) >= 11 is 1.37. The molecule has 0 atom stereocenters. The maximum Gasteiger partial charge on any atom is 0.449 e. The molecule has 1 aromatic heterocycles. The molecule has 0 aliphatic heterocycles. The van der Waals surface area contributed by atoms with Gasteiger partial charge >= 0.3 is 6.18 Å². The molecule has 2 aromatic rings. The molecule has 1 aromatic carbocycles. The van der Waals surface area contributed by atoms with Crippen molar-refractivity contribution in [2.45, 2.75) is 18.0 Å². The van der Waals surface area contributed by atoms with E-state index in [0.717, 1.165) is 9.63 Å². The second-order valence-corrected chi connectivity index (χ2v) is 6.05. The third-order valence-electron chi connectivity index (χ3n) is 3.33. The van der Waals surface area contributed by atoms with Crippen molar-refractivity contribution in [2.75, 3.05) is 19.9 Å². The van der Waals surface area contributed by atoms with Gasteiger partial charge in [0.05, 0.1) is 23.7 Å². The molecular weight excluding hydrogens is 331 g/mol. The lowest BCUT2D eigenvalue weighted by Crippen LogP contribution is -2.25. The third kappa shape index (κ3) is 3.30. The summed E-state index contributed by atoms with van der Waals surface area (Å²) in [5, 5.41) is 1.02. The van der Waals surface area contributed by atoms with Gasteiger partial charge in [-0.15, -0.1) is 11.8 Å². The second kappa shape index (κ2) is 6.40. The predicted molar refractivity (Wildman–Crippen MR) is 81.2 cm³/mol. The minimum atomic E-state index is -4.56. The lowest BCUT2D eigenvalue weighted by molar-refractivity contribution is -0.146. The summed E-state index contributed by atoms with van der Waals surface area (Å²) in [7, 11) is 4.08. The van der Waals surface area contributed by atoms with Crippen molar-refractivity contribution < 1.29 is 22.8 Å². The van der Waals surface area contributed by atoms with E-state index in [0.29, 0.717) is 16.2 Å². The number of carbonyl (C=O) groups is 1. The average Bonchev–Trinajstić information content (AvgIpc) is 2.82. The van der Waals surface area contributed by atoms with Crippen LogP contribution in [0.2, 0.25) is 0 Å².